The van der Waals surface area contributed by atoms with Crippen molar-refractivity contribution in [3.63, 3.8) is 0 Å². The van der Waals surface area contributed by atoms with Crippen molar-refractivity contribution in [3.05, 3.63) is 63.1 Å². The van der Waals surface area contributed by atoms with Crippen molar-refractivity contribution in [1.29, 1.82) is 0 Å². The average molecular weight is 300 g/mol. The van der Waals surface area contributed by atoms with E-state index in [9.17, 15) is 0 Å². The largest absolute Gasteiger partial charge is 0.303 e. The third-order valence-corrected chi connectivity index (χ3v) is 5.05. The molecule has 0 bridgehead atoms. The Bertz CT molecular complexity index is 644. The highest BCUT2D eigenvalue weighted by atomic mass is 32.1. The summed E-state index contributed by atoms with van der Waals surface area (Å²) < 4.78 is 0. The first-order valence-electron chi connectivity index (χ1n) is 6.59. The quantitative estimate of drug-likeness (QED) is 0.737. The van der Waals surface area contributed by atoms with Crippen molar-refractivity contribution in [2.24, 2.45) is 0 Å². The second kappa shape index (κ2) is 6.31. The molecule has 0 aliphatic carbocycles. The lowest BCUT2D eigenvalue weighted by atomic mass is 10.2. The van der Waals surface area contributed by atoms with Crippen LogP contribution in [-0.4, -0.2) is 4.98 Å². The number of hydrogen-bond acceptors (Lipinski definition) is 4. The Hall–Kier alpha value is -1.49. The van der Waals surface area contributed by atoms with E-state index in [1.165, 1.54) is 10.4 Å². The smallest absolute Gasteiger partial charge is 0.107 e. The van der Waals surface area contributed by atoms with E-state index in [-0.39, 0.29) is 0 Å². The van der Waals surface area contributed by atoms with E-state index in [1.807, 2.05) is 18.2 Å². The van der Waals surface area contributed by atoms with Crippen molar-refractivity contribution >= 4 is 22.7 Å². The van der Waals surface area contributed by atoms with Gasteiger partial charge in [-0.15, -0.1) is 22.7 Å². The number of aromatic nitrogens is 1. The Morgan fingerprint density at radius 3 is 2.70 bits per heavy atom. The molecular formula is C16H16N2S2. The molecule has 0 spiro atoms. The van der Waals surface area contributed by atoms with E-state index < -0.39 is 0 Å². The maximum Gasteiger partial charge on any atom is 0.107 e. The lowest BCUT2D eigenvalue weighted by Gasteiger charge is -2.10. The maximum atomic E-state index is 4.69. The minimum atomic E-state index is 0.374. The molecule has 0 saturated carbocycles. The summed E-state index contributed by atoms with van der Waals surface area (Å²) >= 11 is 3.50. The van der Waals surface area contributed by atoms with E-state index in [1.54, 1.807) is 22.7 Å². The third kappa shape index (κ3) is 3.15. The molecular weight excluding hydrogens is 284 g/mol. The second-order valence-electron chi connectivity index (χ2n) is 4.61. The summed E-state index contributed by atoms with van der Waals surface area (Å²) in [6, 6.07) is 15.0. The molecule has 0 radical (unpaired) electrons. The molecule has 3 aromatic rings. The lowest BCUT2D eigenvalue weighted by Crippen LogP contribution is -2.16. The van der Waals surface area contributed by atoms with Crippen molar-refractivity contribution in [1.82, 2.24) is 10.3 Å². The number of nitrogens with one attached hydrogen (secondary N) is 1. The monoisotopic (exact) mass is 300 g/mol. The van der Waals surface area contributed by atoms with Crippen LogP contribution in [0.15, 0.2) is 53.2 Å². The van der Waals surface area contributed by atoms with E-state index >= 15 is 0 Å². The van der Waals surface area contributed by atoms with Gasteiger partial charge in [0.25, 0.3) is 0 Å². The van der Waals surface area contributed by atoms with Gasteiger partial charge in [0.05, 0.1) is 5.69 Å². The fourth-order valence-corrected chi connectivity index (χ4v) is 3.53. The molecule has 0 amide bonds. The Morgan fingerprint density at radius 1 is 1.10 bits per heavy atom. The number of thiophene rings is 1. The maximum absolute atomic E-state index is 4.69. The Kier molecular flexibility index (Phi) is 4.25. The van der Waals surface area contributed by atoms with Gasteiger partial charge < -0.3 is 5.32 Å². The first-order valence-corrected chi connectivity index (χ1v) is 8.35. The predicted molar refractivity (Wildman–Crippen MR) is 87.1 cm³/mol. The van der Waals surface area contributed by atoms with Crippen LogP contribution in [0.5, 0.6) is 0 Å². The molecule has 0 saturated heterocycles. The minimum Gasteiger partial charge on any atom is -0.303 e. The van der Waals surface area contributed by atoms with Gasteiger partial charge in [0, 0.05) is 28.4 Å². The highest BCUT2D eigenvalue weighted by Crippen LogP contribution is 2.23. The van der Waals surface area contributed by atoms with Gasteiger partial charge in [-0.05, 0) is 18.4 Å². The first-order chi connectivity index (χ1) is 9.83. The molecule has 102 valence electrons. The zero-order valence-electron chi connectivity index (χ0n) is 11.2. The zero-order valence-corrected chi connectivity index (χ0v) is 12.9. The van der Waals surface area contributed by atoms with Gasteiger partial charge in [-0.2, -0.15) is 0 Å². The number of nitrogens with zero attached hydrogens (tertiary/aromatic N) is 1. The molecule has 20 heavy (non-hydrogen) atoms. The summed E-state index contributed by atoms with van der Waals surface area (Å²) in [5.41, 5.74) is 2.25. The summed E-state index contributed by atoms with van der Waals surface area (Å²) in [4.78, 5) is 6.06. The lowest BCUT2D eigenvalue weighted by molar-refractivity contribution is 0.581. The van der Waals surface area contributed by atoms with Crippen molar-refractivity contribution in [2.75, 3.05) is 0 Å². The molecule has 4 heteroatoms. The summed E-state index contributed by atoms with van der Waals surface area (Å²) in [7, 11) is 0. The predicted octanol–water partition coefficient (Wildman–Crippen LogP) is 4.72. The molecule has 0 aliphatic heterocycles. The van der Waals surface area contributed by atoms with Crippen LogP contribution < -0.4 is 5.32 Å². The number of thiazole rings is 1. The minimum absolute atomic E-state index is 0.374. The topological polar surface area (TPSA) is 24.9 Å². The first kappa shape index (κ1) is 13.5. The van der Waals surface area contributed by atoms with Gasteiger partial charge >= 0.3 is 0 Å². The molecule has 1 N–H and O–H groups in total. The van der Waals surface area contributed by atoms with Crippen molar-refractivity contribution in [3.8, 4) is 11.3 Å². The Balaban J connectivity index is 1.63. The molecule has 1 atom stereocenters. The Morgan fingerprint density at radius 2 is 1.95 bits per heavy atom. The van der Waals surface area contributed by atoms with Gasteiger partial charge in [0.1, 0.15) is 5.01 Å². The Labute approximate surface area is 127 Å². The van der Waals surface area contributed by atoms with Gasteiger partial charge in [-0.25, -0.2) is 4.98 Å². The van der Waals surface area contributed by atoms with Gasteiger partial charge in [-0.3, -0.25) is 0 Å². The summed E-state index contributed by atoms with van der Waals surface area (Å²) in [5.74, 6) is 0. The SMILES string of the molecule is C[C@H](NCc1nc(-c2ccccc2)cs1)c1cccs1. The van der Waals surface area contributed by atoms with Crippen LogP contribution in [0.2, 0.25) is 0 Å². The van der Waals surface area contributed by atoms with Crippen LogP contribution in [0.1, 0.15) is 22.9 Å². The van der Waals surface area contributed by atoms with Crippen LogP contribution in [0.3, 0.4) is 0 Å². The van der Waals surface area contributed by atoms with Crippen LogP contribution >= 0.6 is 22.7 Å². The van der Waals surface area contributed by atoms with Gasteiger partial charge in [0.15, 0.2) is 0 Å². The molecule has 0 fully saturated rings. The molecule has 1 aromatic carbocycles. The van der Waals surface area contributed by atoms with E-state index in [2.05, 4.69) is 47.3 Å². The summed E-state index contributed by atoms with van der Waals surface area (Å²) in [5, 5.41) is 8.90. The summed E-state index contributed by atoms with van der Waals surface area (Å²) in [6.45, 7) is 3.01. The molecule has 2 heterocycles. The van der Waals surface area contributed by atoms with Gasteiger partial charge in [0.2, 0.25) is 0 Å². The zero-order chi connectivity index (χ0) is 13.8. The van der Waals surface area contributed by atoms with E-state index in [4.69, 9.17) is 4.98 Å². The molecule has 0 aliphatic rings. The number of benzene rings is 1. The second-order valence-corrected chi connectivity index (χ2v) is 6.53. The highest BCUT2D eigenvalue weighted by Gasteiger charge is 2.08. The van der Waals surface area contributed by atoms with E-state index in [0.717, 1.165) is 17.2 Å². The van der Waals surface area contributed by atoms with Crippen LogP contribution in [0, 0.1) is 0 Å². The molecule has 2 aromatic heterocycles. The van der Waals surface area contributed by atoms with Gasteiger partial charge in [-0.1, -0.05) is 36.4 Å². The molecule has 0 unspecified atom stereocenters. The molecule has 3 rings (SSSR count). The highest BCUT2D eigenvalue weighted by molar-refractivity contribution is 7.10. The normalized spacial score (nSPS) is 12.4. The van der Waals surface area contributed by atoms with Crippen LogP contribution in [0.4, 0.5) is 0 Å². The number of hydrogen-bond donors (Lipinski definition) is 1. The number of rotatable bonds is 5. The standard InChI is InChI=1S/C16H16N2S2/c1-12(15-8-5-9-19-15)17-10-16-18-14(11-20-16)13-6-3-2-4-7-13/h2-9,11-12,17H,10H2,1H3/t12-/m0/s1. The van der Waals surface area contributed by atoms with E-state index in [0.29, 0.717) is 6.04 Å². The fraction of sp³-hybridized carbons (Fsp3) is 0.188. The fourth-order valence-electron chi connectivity index (χ4n) is 2.01. The third-order valence-electron chi connectivity index (χ3n) is 3.15. The van der Waals surface area contributed by atoms with Crippen LogP contribution in [-0.2, 0) is 6.54 Å². The van der Waals surface area contributed by atoms with Crippen LogP contribution in [0.25, 0.3) is 11.3 Å². The van der Waals surface area contributed by atoms with Crippen molar-refractivity contribution < 1.29 is 0 Å². The average Bonchev–Trinajstić information content (AvgIpc) is 3.17. The summed E-state index contributed by atoms with van der Waals surface area (Å²) in [6.07, 6.45) is 0. The van der Waals surface area contributed by atoms with Crippen molar-refractivity contribution in [2.45, 2.75) is 19.5 Å². The molecule has 2 nitrogen and oxygen atoms in total.